The van der Waals surface area contributed by atoms with Gasteiger partial charge in [-0.15, -0.1) is 0 Å². The van der Waals surface area contributed by atoms with Crippen molar-refractivity contribution in [3.05, 3.63) is 27.8 Å². The smallest absolute Gasteiger partial charge is 0.411 e. The molecule has 2 heterocycles. The molecular formula is C18H21BrClN5O4. The molecule has 1 aromatic carbocycles. The van der Waals surface area contributed by atoms with Crippen LogP contribution in [0.2, 0.25) is 5.02 Å². The third-order valence-corrected chi connectivity index (χ3v) is 5.73. The van der Waals surface area contributed by atoms with Crippen LogP contribution in [0.4, 0.5) is 4.79 Å². The summed E-state index contributed by atoms with van der Waals surface area (Å²) >= 11 is 9.51. The zero-order valence-corrected chi connectivity index (χ0v) is 18.5. The van der Waals surface area contributed by atoms with Crippen molar-refractivity contribution in [2.45, 2.75) is 44.4 Å². The number of ether oxygens (including phenoxy) is 1. The predicted octanol–water partition coefficient (Wildman–Crippen LogP) is 2.13. The molecule has 1 aliphatic rings. The number of likely N-dealkylation sites (tertiary alicyclic amines) is 1. The summed E-state index contributed by atoms with van der Waals surface area (Å²) in [6, 6.07) is 3.96. The Balaban J connectivity index is 2.12. The molecule has 0 aliphatic carbocycles. The van der Waals surface area contributed by atoms with Gasteiger partial charge in [-0.2, -0.15) is 5.10 Å². The average Bonchev–Trinajstić information content (AvgIpc) is 3.14. The fraction of sp³-hybridized carbons (Fsp3) is 0.444. The van der Waals surface area contributed by atoms with Crippen molar-refractivity contribution in [2.75, 3.05) is 6.54 Å². The van der Waals surface area contributed by atoms with Gasteiger partial charge in [-0.3, -0.25) is 14.5 Å². The SMILES string of the molecule is CC(C)(C)OC(=O)N1C[C@](C(N)=O)(n2nc3ccc(Cl)cc3c2Br)C[C@H]1C(N)=O. The summed E-state index contributed by atoms with van der Waals surface area (Å²) < 4.78 is 7.22. The first-order valence-electron chi connectivity index (χ1n) is 8.79. The Morgan fingerprint density at radius 2 is 1.97 bits per heavy atom. The molecule has 2 atom stereocenters. The van der Waals surface area contributed by atoms with Crippen LogP contribution in [0.25, 0.3) is 10.9 Å². The summed E-state index contributed by atoms with van der Waals surface area (Å²) in [7, 11) is 0. The minimum Gasteiger partial charge on any atom is -0.444 e. The Hall–Kier alpha value is -2.33. The highest BCUT2D eigenvalue weighted by Crippen LogP contribution is 2.39. The summed E-state index contributed by atoms with van der Waals surface area (Å²) in [6.45, 7) is 4.87. The van der Waals surface area contributed by atoms with Crippen LogP contribution in [0.5, 0.6) is 0 Å². The van der Waals surface area contributed by atoms with Gasteiger partial charge in [0.15, 0.2) is 5.54 Å². The zero-order chi connectivity index (χ0) is 21.7. The molecule has 4 N–H and O–H groups in total. The summed E-state index contributed by atoms with van der Waals surface area (Å²) in [6.07, 6.45) is -0.891. The average molecular weight is 487 g/mol. The van der Waals surface area contributed by atoms with Crippen molar-refractivity contribution < 1.29 is 19.1 Å². The first-order valence-corrected chi connectivity index (χ1v) is 9.96. The number of primary amides is 2. The number of rotatable bonds is 3. The molecular weight excluding hydrogens is 466 g/mol. The van der Waals surface area contributed by atoms with Crippen LogP contribution in [0.15, 0.2) is 22.8 Å². The first-order chi connectivity index (χ1) is 13.4. The number of fused-ring (bicyclic) bond motifs is 1. The van der Waals surface area contributed by atoms with Crippen LogP contribution in [-0.2, 0) is 19.9 Å². The normalized spacial score (nSPS) is 22.1. The van der Waals surface area contributed by atoms with E-state index in [1.54, 1.807) is 39.0 Å². The number of amides is 3. The number of hydrogen-bond acceptors (Lipinski definition) is 5. The molecule has 0 radical (unpaired) electrons. The lowest BCUT2D eigenvalue weighted by Crippen LogP contribution is -2.50. The van der Waals surface area contributed by atoms with E-state index in [9.17, 15) is 14.4 Å². The lowest BCUT2D eigenvalue weighted by molar-refractivity contribution is -0.126. The highest BCUT2D eigenvalue weighted by Gasteiger charge is 2.55. The maximum atomic E-state index is 12.7. The summed E-state index contributed by atoms with van der Waals surface area (Å²) in [5.74, 6) is -1.52. The minimum atomic E-state index is -1.50. The molecule has 29 heavy (non-hydrogen) atoms. The summed E-state index contributed by atoms with van der Waals surface area (Å²) in [5.41, 5.74) is 9.55. The Kier molecular flexibility index (Phi) is 5.29. The third kappa shape index (κ3) is 3.78. The molecule has 0 unspecified atom stereocenters. The Morgan fingerprint density at radius 1 is 1.31 bits per heavy atom. The first kappa shape index (κ1) is 21.4. The number of halogens is 2. The van der Waals surface area contributed by atoms with Crippen LogP contribution < -0.4 is 11.5 Å². The second-order valence-electron chi connectivity index (χ2n) is 7.99. The largest absolute Gasteiger partial charge is 0.444 e. The van der Waals surface area contributed by atoms with E-state index in [1.165, 1.54) is 4.68 Å². The maximum absolute atomic E-state index is 12.7. The van der Waals surface area contributed by atoms with E-state index in [2.05, 4.69) is 21.0 Å². The van der Waals surface area contributed by atoms with E-state index in [-0.39, 0.29) is 13.0 Å². The van der Waals surface area contributed by atoms with E-state index in [4.69, 9.17) is 27.8 Å². The molecule has 1 fully saturated rings. The van der Waals surface area contributed by atoms with E-state index in [0.717, 1.165) is 4.90 Å². The lowest BCUT2D eigenvalue weighted by Gasteiger charge is -2.29. The van der Waals surface area contributed by atoms with E-state index in [0.29, 0.717) is 20.5 Å². The Bertz CT molecular complexity index is 1020. The molecule has 0 saturated carbocycles. The van der Waals surface area contributed by atoms with Gasteiger partial charge in [-0.05, 0) is 54.9 Å². The monoisotopic (exact) mass is 485 g/mol. The number of aromatic nitrogens is 2. The maximum Gasteiger partial charge on any atom is 0.411 e. The van der Waals surface area contributed by atoms with Crippen molar-refractivity contribution in [1.82, 2.24) is 14.7 Å². The van der Waals surface area contributed by atoms with Gasteiger partial charge in [0.1, 0.15) is 16.2 Å². The second-order valence-corrected chi connectivity index (χ2v) is 9.18. The van der Waals surface area contributed by atoms with Gasteiger partial charge in [0.2, 0.25) is 11.8 Å². The van der Waals surface area contributed by atoms with Gasteiger partial charge in [0.25, 0.3) is 0 Å². The molecule has 0 spiro atoms. The summed E-state index contributed by atoms with van der Waals surface area (Å²) in [4.78, 5) is 38.5. The van der Waals surface area contributed by atoms with Gasteiger partial charge < -0.3 is 16.2 Å². The molecule has 1 aromatic heterocycles. The van der Waals surface area contributed by atoms with Crippen LogP contribution in [0.3, 0.4) is 0 Å². The van der Waals surface area contributed by atoms with Crippen LogP contribution in [0, 0.1) is 0 Å². The van der Waals surface area contributed by atoms with Gasteiger partial charge in [-0.1, -0.05) is 11.6 Å². The second kappa shape index (κ2) is 7.17. The lowest BCUT2D eigenvalue weighted by atomic mass is 9.95. The molecule has 0 bridgehead atoms. The molecule has 2 aromatic rings. The highest BCUT2D eigenvalue weighted by atomic mass is 79.9. The van der Waals surface area contributed by atoms with Crippen molar-refractivity contribution in [1.29, 1.82) is 0 Å². The Morgan fingerprint density at radius 3 is 2.52 bits per heavy atom. The molecule has 9 nitrogen and oxygen atoms in total. The van der Waals surface area contributed by atoms with Crippen molar-refractivity contribution in [2.24, 2.45) is 11.5 Å². The summed E-state index contributed by atoms with van der Waals surface area (Å²) in [5, 5.41) is 5.62. The van der Waals surface area contributed by atoms with Crippen LogP contribution in [0.1, 0.15) is 27.2 Å². The van der Waals surface area contributed by atoms with Crippen LogP contribution in [-0.4, -0.2) is 50.8 Å². The van der Waals surface area contributed by atoms with Crippen molar-refractivity contribution in [3.8, 4) is 0 Å². The number of carbonyl (C=O) groups is 3. The number of hydrogen-bond donors (Lipinski definition) is 2. The Labute approximate surface area is 180 Å². The van der Waals surface area contributed by atoms with E-state index < -0.39 is 35.1 Å². The number of nitrogens with two attached hydrogens (primary N) is 2. The van der Waals surface area contributed by atoms with E-state index in [1.807, 2.05) is 0 Å². The molecule has 3 rings (SSSR count). The highest BCUT2D eigenvalue weighted by molar-refractivity contribution is 9.10. The van der Waals surface area contributed by atoms with Crippen molar-refractivity contribution in [3.63, 3.8) is 0 Å². The third-order valence-electron chi connectivity index (χ3n) is 4.73. The fourth-order valence-corrected chi connectivity index (χ4v) is 4.31. The molecule has 3 amide bonds. The zero-order valence-electron chi connectivity index (χ0n) is 16.1. The molecule has 1 saturated heterocycles. The molecule has 156 valence electrons. The topological polar surface area (TPSA) is 134 Å². The molecule has 1 aliphatic heterocycles. The van der Waals surface area contributed by atoms with Crippen LogP contribution >= 0.6 is 27.5 Å². The quantitative estimate of drug-likeness (QED) is 0.685. The number of nitrogens with zero attached hydrogens (tertiary/aromatic N) is 3. The van der Waals surface area contributed by atoms with Gasteiger partial charge in [-0.25, -0.2) is 9.48 Å². The standard InChI is InChI=1S/C18H21BrClN5O4/c1-17(2,3)29-16(28)24-8-18(15(22)27,7-12(24)14(21)26)25-13(19)10-6-9(20)4-5-11(10)23-25/h4-6,12H,7-8H2,1-3H3,(H2,21,26)(H2,22,27)/t12-,18+/m0/s1. The predicted molar refractivity (Wildman–Crippen MR) is 110 cm³/mol. The van der Waals surface area contributed by atoms with Gasteiger partial charge in [0, 0.05) is 16.8 Å². The molecule has 11 heteroatoms. The number of benzene rings is 1. The fourth-order valence-electron chi connectivity index (χ4n) is 3.40. The van der Waals surface area contributed by atoms with E-state index >= 15 is 0 Å². The minimum absolute atomic E-state index is 0.128. The van der Waals surface area contributed by atoms with Gasteiger partial charge >= 0.3 is 6.09 Å². The van der Waals surface area contributed by atoms with Crippen molar-refractivity contribution >= 4 is 56.3 Å². The number of carbonyl (C=O) groups excluding carboxylic acids is 3. The van der Waals surface area contributed by atoms with Gasteiger partial charge in [0.05, 0.1) is 12.1 Å².